The summed E-state index contributed by atoms with van der Waals surface area (Å²) < 4.78 is 34.6. The normalized spacial score (nSPS) is 17.4. The number of anilines is 1. The first kappa shape index (κ1) is 20.2. The van der Waals surface area contributed by atoms with Crippen LogP contribution in [0.1, 0.15) is 25.3 Å². The summed E-state index contributed by atoms with van der Waals surface area (Å²) in [5.74, 6) is -0.820. The van der Waals surface area contributed by atoms with Crippen LogP contribution in [-0.2, 0) is 12.1 Å². The molecule has 1 aromatic carbocycles. The topological polar surface area (TPSA) is 80.0 Å². The van der Waals surface area contributed by atoms with E-state index in [4.69, 9.17) is 0 Å². The van der Waals surface area contributed by atoms with Crippen molar-refractivity contribution in [1.29, 1.82) is 0 Å². The van der Waals surface area contributed by atoms with Crippen molar-refractivity contribution in [3.63, 3.8) is 0 Å². The Morgan fingerprint density at radius 1 is 1.31 bits per heavy atom. The molecule has 2 atom stereocenters. The van der Waals surface area contributed by atoms with Gasteiger partial charge in [-0.15, -0.1) is 0 Å². The maximum absolute atomic E-state index is 14.6. The number of hydrogen-bond acceptors (Lipinski definition) is 8. The van der Waals surface area contributed by atoms with E-state index in [9.17, 15) is 13.9 Å². The van der Waals surface area contributed by atoms with Crippen molar-refractivity contribution in [2.45, 2.75) is 41.5 Å². The van der Waals surface area contributed by atoms with E-state index >= 15 is 0 Å². The molecule has 1 aliphatic rings. The van der Waals surface area contributed by atoms with E-state index in [2.05, 4.69) is 24.3 Å². The van der Waals surface area contributed by atoms with Crippen molar-refractivity contribution in [3.05, 3.63) is 48.1 Å². The molecular formula is C18H20F2N6OS2. The van der Waals surface area contributed by atoms with Crippen LogP contribution in [0.2, 0.25) is 0 Å². The Hall–Kier alpha value is -2.11. The van der Waals surface area contributed by atoms with Gasteiger partial charge in [0.15, 0.2) is 4.34 Å². The number of aliphatic hydroxyl groups is 1. The molecule has 0 amide bonds. The quantitative estimate of drug-likeness (QED) is 0.568. The van der Waals surface area contributed by atoms with Gasteiger partial charge in [0.2, 0.25) is 5.95 Å². The smallest absolute Gasteiger partial charge is 0.238 e. The summed E-state index contributed by atoms with van der Waals surface area (Å²) >= 11 is 2.56. The molecule has 4 rings (SSSR count). The molecule has 3 aromatic rings. The molecule has 3 heterocycles. The first-order chi connectivity index (χ1) is 14.0. The number of thioether (sulfide) groups is 1. The minimum Gasteiger partial charge on any atom is -0.382 e. The summed E-state index contributed by atoms with van der Waals surface area (Å²) in [6.45, 7) is 3.61. The minimum absolute atomic E-state index is 0.00122. The number of rotatable bonds is 7. The van der Waals surface area contributed by atoms with Crippen LogP contribution in [-0.4, -0.2) is 47.6 Å². The Bertz CT molecular complexity index is 963. The number of benzene rings is 1. The average Bonchev–Trinajstić information content (AvgIpc) is 3.44. The average molecular weight is 439 g/mol. The van der Waals surface area contributed by atoms with Crippen LogP contribution < -0.4 is 4.90 Å². The molecule has 2 aromatic heterocycles. The fourth-order valence-corrected chi connectivity index (χ4v) is 5.37. The number of halogens is 2. The van der Waals surface area contributed by atoms with Crippen molar-refractivity contribution >= 4 is 29.2 Å². The molecule has 0 saturated carbocycles. The first-order valence-electron chi connectivity index (χ1n) is 9.21. The highest BCUT2D eigenvalue weighted by molar-refractivity contribution is 8.01. The van der Waals surface area contributed by atoms with Crippen LogP contribution in [0.3, 0.4) is 0 Å². The van der Waals surface area contributed by atoms with Gasteiger partial charge >= 0.3 is 0 Å². The number of hydrogen-bond donors (Lipinski definition) is 1. The van der Waals surface area contributed by atoms with E-state index in [1.807, 2.05) is 0 Å². The Kier molecular flexibility index (Phi) is 5.79. The standard InChI is InChI=1S/C18H20F2N6OS2/c1-12(28-17-23-16(24-29-17)25-6-2-3-7-25)18(27,9-26-11-21-10-22-26)14-5-4-13(19)8-15(14)20/h4-5,8,10-12,27H,2-3,6-7,9H2,1H3/t12-,18-/m1/s1. The molecule has 0 aliphatic carbocycles. The van der Waals surface area contributed by atoms with Crippen molar-refractivity contribution in [2.75, 3.05) is 18.0 Å². The lowest BCUT2D eigenvalue weighted by Gasteiger charge is -2.33. The lowest BCUT2D eigenvalue weighted by molar-refractivity contribution is 0.0133. The van der Waals surface area contributed by atoms with E-state index < -0.39 is 22.5 Å². The largest absolute Gasteiger partial charge is 0.382 e. The summed E-state index contributed by atoms with van der Waals surface area (Å²) in [5.41, 5.74) is -1.67. The van der Waals surface area contributed by atoms with E-state index in [-0.39, 0.29) is 12.1 Å². The van der Waals surface area contributed by atoms with Crippen LogP contribution in [0, 0.1) is 11.6 Å². The highest BCUT2D eigenvalue weighted by Gasteiger charge is 2.40. The van der Waals surface area contributed by atoms with Crippen LogP contribution in [0.15, 0.2) is 35.2 Å². The van der Waals surface area contributed by atoms with Gasteiger partial charge in [0, 0.05) is 30.0 Å². The lowest BCUT2D eigenvalue weighted by Crippen LogP contribution is -2.41. The SMILES string of the molecule is C[C@@H](Sc1nc(N2CCCC2)ns1)[C@](O)(Cn1cncn1)c1ccc(F)cc1F. The van der Waals surface area contributed by atoms with Crippen LogP contribution in [0.25, 0.3) is 0 Å². The second-order valence-corrected chi connectivity index (χ2v) is 9.30. The lowest BCUT2D eigenvalue weighted by atomic mass is 9.90. The second kappa shape index (κ2) is 8.33. The molecule has 0 bridgehead atoms. The van der Waals surface area contributed by atoms with Gasteiger partial charge in [0.05, 0.1) is 6.54 Å². The van der Waals surface area contributed by atoms with Crippen LogP contribution in [0.5, 0.6) is 0 Å². The summed E-state index contributed by atoms with van der Waals surface area (Å²) in [6.07, 6.45) is 5.03. The molecule has 29 heavy (non-hydrogen) atoms. The second-order valence-electron chi connectivity index (χ2n) is 6.96. The maximum Gasteiger partial charge on any atom is 0.238 e. The number of aromatic nitrogens is 5. The molecule has 1 saturated heterocycles. The van der Waals surface area contributed by atoms with Crippen molar-refractivity contribution in [1.82, 2.24) is 24.1 Å². The van der Waals surface area contributed by atoms with Gasteiger partial charge in [0.25, 0.3) is 0 Å². The van der Waals surface area contributed by atoms with Gasteiger partial charge in [-0.2, -0.15) is 14.5 Å². The van der Waals surface area contributed by atoms with Crippen LogP contribution >= 0.6 is 23.3 Å². The molecule has 1 aliphatic heterocycles. The third-order valence-electron chi connectivity index (χ3n) is 5.00. The third-order valence-corrected chi connectivity index (χ3v) is 7.05. The molecule has 0 unspecified atom stereocenters. The van der Waals surface area contributed by atoms with E-state index in [1.54, 1.807) is 6.92 Å². The highest BCUT2D eigenvalue weighted by Crippen LogP contribution is 2.40. The predicted octanol–water partition coefficient (Wildman–Crippen LogP) is 3.08. The van der Waals surface area contributed by atoms with Gasteiger partial charge < -0.3 is 10.0 Å². The van der Waals surface area contributed by atoms with Crippen molar-refractivity contribution < 1.29 is 13.9 Å². The summed E-state index contributed by atoms with van der Waals surface area (Å²) in [4.78, 5) is 10.6. The molecule has 11 heteroatoms. The van der Waals surface area contributed by atoms with Crippen molar-refractivity contribution in [3.8, 4) is 0 Å². The highest BCUT2D eigenvalue weighted by atomic mass is 32.2. The van der Waals surface area contributed by atoms with Gasteiger partial charge in [-0.05, 0) is 37.4 Å². The fraction of sp³-hybridized carbons (Fsp3) is 0.444. The Morgan fingerprint density at radius 2 is 2.10 bits per heavy atom. The van der Waals surface area contributed by atoms with E-state index in [0.29, 0.717) is 10.3 Å². The Labute approximate surface area is 175 Å². The van der Waals surface area contributed by atoms with E-state index in [0.717, 1.165) is 38.1 Å². The molecule has 7 nitrogen and oxygen atoms in total. The van der Waals surface area contributed by atoms with Gasteiger partial charge in [-0.25, -0.2) is 18.4 Å². The van der Waals surface area contributed by atoms with Crippen molar-refractivity contribution in [2.24, 2.45) is 0 Å². The Morgan fingerprint density at radius 3 is 2.79 bits per heavy atom. The molecule has 0 radical (unpaired) electrons. The number of nitrogens with zero attached hydrogens (tertiary/aromatic N) is 6. The minimum atomic E-state index is -1.67. The summed E-state index contributed by atoms with van der Waals surface area (Å²) in [6, 6.07) is 3.18. The predicted molar refractivity (Wildman–Crippen MR) is 107 cm³/mol. The summed E-state index contributed by atoms with van der Waals surface area (Å²) in [5, 5.41) is 15.1. The van der Waals surface area contributed by atoms with Gasteiger partial charge in [0.1, 0.15) is 29.9 Å². The third kappa shape index (κ3) is 4.26. The maximum atomic E-state index is 14.6. The van der Waals surface area contributed by atoms with Crippen LogP contribution in [0.4, 0.5) is 14.7 Å². The van der Waals surface area contributed by atoms with E-state index in [1.165, 1.54) is 46.7 Å². The monoisotopic (exact) mass is 438 g/mol. The molecule has 0 spiro atoms. The fourth-order valence-electron chi connectivity index (χ4n) is 3.38. The first-order valence-corrected chi connectivity index (χ1v) is 10.9. The molecule has 1 fully saturated rings. The molecular weight excluding hydrogens is 418 g/mol. The zero-order valence-corrected chi connectivity index (χ0v) is 17.3. The van der Waals surface area contributed by atoms with Gasteiger partial charge in [-0.1, -0.05) is 17.8 Å². The Balaban J connectivity index is 1.61. The van der Waals surface area contributed by atoms with Gasteiger partial charge in [-0.3, -0.25) is 0 Å². The zero-order valence-electron chi connectivity index (χ0n) is 15.7. The summed E-state index contributed by atoms with van der Waals surface area (Å²) in [7, 11) is 0. The zero-order chi connectivity index (χ0) is 20.4. The molecule has 154 valence electrons. The molecule has 1 N–H and O–H groups in total.